The number of ether oxygens (including phenoxy) is 2. The Morgan fingerprint density at radius 3 is 2.55 bits per heavy atom. The zero-order chi connectivity index (χ0) is 16.8. The van der Waals surface area contributed by atoms with E-state index in [4.69, 9.17) is 9.47 Å². The fourth-order valence-corrected chi connectivity index (χ4v) is 1.55. The molecule has 0 radical (unpaired) electrons. The van der Waals surface area contributed by atoms with Crippen molar-refractivity contribution in [2.24, 2.45) is 0 Å². The van der Waals surface area contributed by atoms with Crippen LogP contribution in [-0.2, 0) is 10.2 Å². The number of anilines is 1. The average molecular weight is 310 g/mol. The standard InChI is InChI=1S/C14H22N4O4/c1-6-7-15-11-10(18(19)20)12(22-9-8-21-5)17-13(16-11)14(2,3)4/h6H,1,7-9H2,2-5H3,(H,15,16,17). The van der Waals surface area contributed by atoms with E-state index in [-0.39, 0.29) is 29.4 Å². The third-order valence-electron chi connectivity index (χ3n) is 2.65. The molecule has 22 heavy (non-hydrogen) atoms. The van der Waals surface area contributed by atoms with Gasteiger partial charge in [0.1, 0.15) is 12.4 Å². The van der Waals surface area contributed by atoms with Crippen LogP contribution in [0.3, 0.4) is 0 Å². The second-order valence-corrected chi connectivity index (χ2v) is 5.57. The molecular formula is C14H22N4O4. The zero-order valence-corrected chi connectivity index (χ0v) is 13.4. The highest BCUT2D eigenvalue weighted by Crippen LogP contribution is 2.34. The number of rotatable bonds is 8. The van der Waals surface area contributed by atoms with Crippen LogP contribution in [0.5, 0.6) is 5.88 Å². The molecule has 8 nitrogen and oxygen atoms in total. The molecule has 0 spiro atoms. The maximum atomic E-state index is 11.3. The molecule has 8 heteroatoms. The van der Waals surface area contributed by atoms with Crippen LogP contribution < -0.4 is 10.1 Å². The summed E-state index contributed by atoms with van der Waals surface area (Å²) in [5.41, 5.74) is -0.662. The molecule has 0 saturated heterocycles. The summed E-state index contributed by atoms with van der Waals surface area (Å²) in [7, 11) is 1.52. The molecular weight excluding hydrogens is 288 g/mol. The molecule has 122 valence electrons. The van der Waals surface area contributed by atoms with Gasteiger partial charge in [0.15, 0.2) is 0 Å². The van der Waals surface area contributed by atoms with Crippen LogP contribution in [0.15, 0.2) is 12.7 Å². The largest absolute Gasteiger partial charge is 0.470 e. The minimum absolute atomic E-state index is 0.0615. The highest BCUT2D eigenvalue weighted by Gasteiger charge is 2.29. The first-order valence-electron chi connectivity index (χ1n) is 6.84. The van der Waals surface area contributed by atoms with Crippen LogP contribution in [0.25, 0.3) is 0 Å². The third kappa shape index (κ3) is 4.66. The van der Waals surface area contributed by atoms with Crippen LogP contribution in [0.4, 0.5) is 11.5 Å². The third-order valence-corrected chi connectivity index (χ3v) is 2.65. The second-order valence-electron chi connectivity index (χ2n) is 5.57. The summed E-state index contributed by atoms with van der Waals surface area (Å²) in [4.78, 5) is 19.3. The van der Waals surface area contributed by atoms with Gasteiger partial charge in [0, 0.05) is 19.1 Å². The maximum absolute atomic E-state index is 11.3. The van der Waals surface area contributed by atoms with Crippen LogP contribution in [0.1, 0.15) is 26.6 Å². The van der Waals surface area contributed by atoms with Gasteiger partial charge in [0.2, 0.25) is 5.82 Å². The van der Waals surface area contributed by atoms with Gasteiger partial charge >= 0.3 is 5.69 Å². The molecule has 1 N–H and O–H groups in total. The van der Waals surface area contributed by atoms with Crippen molar-refractivity contribution in [2.75, 3.05) is 32.2 Å². The number of nitrogens with zero attached hydrogens (tertiary/aromatic N) is 3. The molecule has 0 unspecified atom stereocenters. The first-order chi connectivity index (χ1) is 10.3. The molecule has 1 heterocycles. The smallest absolute Gasteiger partial charge is 0.372 e. The molecule has 1 rings (SSSR count). The predicted octanol–water partition coefficient (Wildman–Crippen LogP) is 2.31. The lowest BCUT2D eigenvalue weighted by molar-refractivity contribution is -0.385. The van der Waals surface area contributed by atoms with Gasteiger partial charge in [-0.05, 0) is 0 Å². The van der Waals surface area contributed by atoms with Crippen molar-refractivity contribution in [3.05, 3.63) is 28.6 Å². The summed E-state index contributed by atoms with van der Waals surface area (Å²) < 4.78 is 10.3. The van der Waals surface area contributed by atoms with Crippen molar-refractivity contribution in [1.82, 2.24) is 9.97 Å². The van der Waals surface area contributed by atoms with E-state index in [1.54, 1.807) is 6.08 Å². The van der Waals surface area contributed by atoms with E-state index in [1.807, 2.05) is 20.8 Å². The van der Waals surface area contributed by atoms with Gasteiger partial charge in [0.25, 0.3) is 5.88 Å². The molecule has 0 aliphatic carbocycles. The quantitative estimate of drug-likeness (QED) is 0.340. The fraction of sp³-hybridized carbons (Fsp3) is 0.571. The van der Waals surface area contributed by atoms with Gasteiger partial charge in [-0.1, -0.05) is 26.8 Å². The summed E-state index contributed by atoms with van der Waals surface area (Å²) in [6, 6.07) is 0. The van der Waals surface area contributed by atoms with Crippen molar-refractivity contribution in [3.8, 4) is 5.88 Å². The Morgan fingerprint density at radius 1 is 1.36 bits per heavy atom. The van der Waals surface area contributed by atoms with Crippen molar-refractivity contribution < 1.29 is 14.4 Å². The topological polar surface area (TPSA) is 99.4 Å². The van der Waals surface area contributed by atoms with E-state index >= 15 is 0 Å². The molecule has 0 fully saturated rings. The monoisotopic (exact) mass is 310 g/mol. The number of hydrogen-bond donors (Lipinski definition) is 1. The summed E-state index contributed by atoms with van der Waals surface area (Å²) in [5.74, 6) is 0.517. The number of nitro groups is 1. The Balaban J connectivity index is 3.34. The minimum atomic E-state index is -0.556. The molecule has 0 aliphatic rings. The molecule has 0 bridgehead atoms. The van der Waals surface area contributed by atoms with Crippen LogP contribution in [-0.4, -0.2) is 41.8 Å². The van der Waals surface area contributed by atoms with Crippen molar-refractivity contribution in [3.63, 3.8) is 0 Å². The van der Waals surface area contributed by atoms with Crippen molar-refractivity contribution >= 4 is 11.5 Å². The molecule has 0 aromatic carbocycles. The second kappa shape index (κ2) is 7.69. The number of methoxy groups -OCH3 is 1. The van der Waals surface area contributed by atoms with E-state index in [9.17, 15) is 10.1 Å². The molecule has 0 saturated carbocycles. The Morgan fingerprint density at radius 2 is 2.05 bits per heavy atom. The van der Waals surface area contributed by atoms with Gasteiger partial charge in [0.05, 0.1) is 11.5 Å². The number of hydrogen-bond acceptors (Lipinski definition) is 7. The van der Waals surface area contributed by atoms with Gasteiger partial charge in [-0.25, -0.2) is 4.98 Å². The fourth-order valence-electron chi connectivity index (χ4n) is 1.55. The van der Waals surface area contributed by atoms with Crippen molar-refractivity contribution in [1.29, 1.82) is 0 Å². The van der Waals surface area contributed by atoms with Crippen LogP contribution >= 0.6 is 0 Å². The lowest BCUT2D eigenvalue weighted by atomic mass is 9.96. The summed E-state index contributed by atoms with van der Waals surface area (Å²) >= 11 is 0. The summed E-state index contributed by atoms with van der Waals surface area (Å²) in [6.45, 7) is 10.2. The Kier molecular flexibility index (Phi) is 6.24. The first kappa shape index (κ1) is 17.8. The van der Waals surface area contributed by atoms with E-state index in [0.29, 0.717) is 19.0 Å². The lowest BCUT2D eigenvalue weighted by Gasteiger charge is -2.19. The normalized spacial score (nSPS) is 11.1. The number of nitrogens with one attached hydrogen (secondary N) is 1. The van der Waals surface area contributed by atoms with Crippen molar-refractivity contribution in [2.45, 2.75) is 26.2 Å². The first-order valence-corrected chi connectivity index (χ1v) is 6.84. The van der Waals surface area contributed by atoms with E-state index < -0.39 is 4.92 Å². The van der Waals surface area contributed by atoms with E-state index in [2.05, 4.69) is 21.9 Å². The minimum Gasteiger partial charge on any atom is -0.470 e. The molecule has 1 aromatic heterocycles. The van der Waals surface area contributed by atoms with Gasteiger partial charge in [-0.15, -0.1) is 6.58 Å². The molecule has 0 amide bonds. The summed E-state index contributed by atoms with van der Waals surface area (Å²) in [5, 5.41) is 14.2. The van der Waals surface area contributed by atoms with Gasteiger partial charge in [-0.2, -0.15) is 4.98 Å². The van der Waals surface area contributed by atoms with Crippen LogP contribution in [0.2, 0.25) is 0 Å². The number of aromatic nitrogens is 2. The van der Waals surface area contributed by atoms with E-state index in [0.717, 1.165) is 0 Å². The highest BCUT2D eigenvalue weighted by molar-refractivity contribution is 5.62. The Hall–Kier alpha value is -2.22. The molecule has 1 aromatic rings. The van der Waals surface area contributed by atoms with Crippen LogP contribution in [0, 0.1) is 10.1 Å². The Labute approximate surface area is 129 Å². The molecule has 0 atom stereocenters. The highest BCUT2D eigenvalue weighted by atomic mass is 16.6. The van der Waals surface area contributed by atoms with Gasteiger partial charge < -0.3 is 14.8 Å². The Bertz CT molecular complexity index is 540. The maximum Gasteiger partial charge on any atom is 0.372 e. The predicted molar refractivity (Wildman–Crippen MR) is 83.4 cm³/mol. The SMILES string of the molecule is C=CCNc1nc(C(C)(C)C)nc(OCCOC)c1[N+](=O)[O-]. The zero-order valence-electron chi connectivity index (χ0n) is 13.4. The van der Waals surface area contributed by atoms with Gasteiger partial charge in [-0.3, -0.25) is 10.1 Å². The van der Waals surface area contributed by atoms with E-state index in [1.165, 1.54) is 7.11 Å². The average Bonchev–Trinajstić information content (AvgIpc) is 2.43. The summed E-state index contributed by atoms with van der Waals surface area (Å²) in [6.07, 6.45) is 1.59. The molecule has 0 aliphatic heterocycles. The lowest BCUT2D eigenvalue weighted by Crippen LogP contribution is -2.20.